The predicted octanol–water partition coefficient (Wildman–Crippen LogP) is 2.60. The smallest absolute Gasteiger partial charge is 0.215 e. The van der Waals surface area contributed by atoms with Gasteiger partial charge in [-0.2, -0.15) is 0 Å². The summed E-state index contributed by atoms with van der Waals surface area (Å²) in [4.78, 5) is 7.92. The van der Waals surface area contributed by atoms with Crippen molar-refractivity contribution in [3.63, 3.8) is 0 Å². The number of thiophene rings is 1. The van der Waals surface area contributed by atoms with Crippen molar-refractivity contribution >= 4 is 17.0 Å². The molecule has 0 aromatic carbocycles. The lowest BCUT2D eigenvalue weighted by molar-refractivity contribution is 0.122. The van der Waals surface area contributed by atoms with E-state index in [-0.39, 0.29) is 0 Å². The number of hydrogen-bond acceptors (Lipinski definition) is 5. The second-order valence-corrected chi connectivity index (χ2v) is 5.66. The molecule has 2 aromatic rings. The maximum absolute atomic E-state index is 5.75. The zero-order chi connectivity index (χ0) is 13.6. The Morgan fingerprint density at radius 1 is 1.30 bits per heavy atom. The number of pyridine rings is 1. The summed E-state index contributed by atoms with van der Waals surface area (Å²) in [6, 6.07) is 8.24. The largest absolute Gasteiger partial charge is 0.477 e. The third-order valence-electron chi connectivity index (χ3n) is 3.27. The minimum atomic E-state index is 0.667. The average molecular weight is 290 g/mol. The zero-order valence-corrected chi connectivity index (χ0v) is 12.1. The highest BCUT2D eigenvalue weighted by Gasteiger charge is 2.12. The average Bonchev–Trinajstić information content (AvgIpc) is 3.02. The van der Waals surface area contributed by atoms with Gasteiger partial charge >= 0.3 is 0 Å². The van der Waals surface area contributed by atoms with Crippen LogP contribution in [0.1, 0.15) is 4.88 Å². The lowest BCUT2D eigenvalue weighted by Gasteiger charge is -2.28. The Morgan fingerprint density at radius 3 is 3.00 bits per heavy atom. The van der Waals surface area contributed by atoms with Crippen molar-refractivity contribution in [3.05, 3.63) is 40.7 Å². The first-order valence-electron chi connectivity index (χ1n) is 6.86. The van der Waals surface area contributed by atoms with Crippen molar-refractivity contribution in [1.29, 1.82) is 0 Å². The quantitative estimate of drug-likeness (QED) is 0.848. The van der Waals surface area contributed by atoms with Crippen LogP contribution in [0.3, 0.4) is 0 Å². The van der Waals surface area contributed by atoms with Crippen molar-refractivity contribution in [2.24, 2.45) is 0 Å². The third kappa shape index (κ3) is 3.49. The van der Waals surface area contributed by atoms with E-state index in [1.807, 2.05) is 18.3 Å². The van der Waals surface area contributed by atoms with Crippen LogP contribution in [0.15, 0.2) is 35.8 Å². The molecule has 0 aliphatic carbocycles. The summed E-state index contributed by atoms with van der Waals surface area (Å²) in [5.41, 5.74) is 1.16. The van der Waals surface area contributed by atoms with Crippen molar-refractivity contribution < 1.29 is 9.47 Å². The fraction of sp³-hybridized carbons (Fsp3) is 0.400. The van der Waals surface area contributed by atoms with Crippen LogP contribution >= 0.6 is 11.3 Å². The number of morpholine rings is 1. The molecule has 1 fully saturated rings. The van der Waals surface area contributed by atoms with E-state index in [1.54, 1.807) is 11.3 Å². The van der Waals surface area contributed by atoms with E-state index < -0.39 is 0 Å². The molecule has 0 N–H and O–H groups in total. The van der Waals surface area contributed by atoms with Crippen molar-refractivity contribution in [3.8, 4) is 5.88 Å². The van der Waals surface area contributed by atoms with Gasteiger partial charge in [0.2, 0.25) is 5.88 Å². The number of nitrogens with zero attached hydrogens (tertiary/aromatic N) is 2. The molecule has 5 heteroatoms. The van der Waals surface area contributed by atoms with Crippen LogP contribution in [0.2, 0.25) is 0 Å². The zero-order valence-electron chi connectivity index (χ0n) is 11.3. The highest BCUT2D eigenvalue weighted by Crippen LogP contribution is 2.20. The SMILES string of the molecule is c1csc(CCOc2cc(N3CCOCC3)ccn2)c1. The first kappa shape index (κ1) is 13.4. The van der Waals surface area contributed by atoms with Crippen LogP contribution in [0.5, 0.6) is 5.88 Å². The van der Waals surface area contributed by atoms with Gasteiger partial charge in [-0.05, 0) is 17.5 Å². The molecule has 3 rings (SSSR count). The van der Waals surface area contributed by atoms with Crippen LogP contribution < -0.4 is 9.64 Å². The van der Waals surface area contributed by atoms with E-state index in [0.717, 1.165) is 38.4 Å². The summed E-state index contributed by atoms with van der Waals surface area (Å²) in [7, 11) is 0. The van der Waals surface area contributed by atoms with Gasteiger partial charge < -0.3 is 14.4 Å². The van der Waals surface area contributed by atoms with Gasteiger partial charge in [-0.1, -0.05) is 6.07 Å². The lowest BCUT2D eigenvalue weighted by atomic mass is 10.3. The fourth-order valence-corrected chi connectivity index (χ4v) is 2.90. The molecule has 1 saturated heterocycles. The molecule has 0 unspecified atom stereocenters. The second-order valence-electron chi connectivity index (χ2n) is 4.63. The summed E-state index contributed by atoms with van der Waals surface area (Å²) in [6.45, 7) is 4.10. The molecule has 106 valence electrons. The topological polar surface area (TPSA) is 34.6 Å². The van der Waals surface area contributed by atoms with Gasteiger partial charge in [0.25, 0.3) is 0 Å². The molecule has 2 aromatic heterocycles. The Bertz CT molecular complexity index is 524. The highest BCUT2D eigenvalue weighted by atomic mass is 32.1. The van der Waals surface area contributed by atoms with Crippen LogP contribution in [0.4, 0.5) is 5.69 Å². The van der Waals surface area contributed by atoms with Crippen LogP contribution in [-0.4, -0.2) is 37.9 Å². The molecular formula is C15H18N2O2S. The Kier molecular flexibility index (Phi) is 4.50. The molecule has 0 saturated carbocycles. The summed E-state index contributed by atoms with van der Waals surface area (Å²) in [5, 5.41) is 2.09. The summed E-state index contributed by atoms with van der Waals surface area (Å²) >= 11 is 1.76. The van der Waals surface area contributed by atoms with Gasteiger partial charge in [0.05, 0.1) is 19.8 Å². The van der Waals surface area contributed by atoms with Gasteiger partial charge in [0, 0.05) is 42.3 Å². The Labute approximate surface area is 123 Å². The summed E-state index contributed by atoms with van der Waals surface area (Å²) < 4.78 is 11.1. The van der Waals surface area contributed by atoms with Crippen LogP contribution in [0.25, 0.3) is 0 Å². The maximum atomic E-state index is 5.75. The lowest BCUT2D eigenvalue weighted by Crippen LogP contribution is -2.36. The number of aromatic nitrogens is 1. The molecule has 1 aliphatic rings. The Balaban J connectivity index is 1.56. The first-order chi connectivity index (χ1) is 9.92. The number of anilines is 1. The number of hydrogen-bond donors (Lipinski definition) is 0. The van der Waals surface area contributed by atoms with Gasteiger partial charge in [0.1, 0.15) is 0 Å². The molecule has 3 heterocycles. The van der Waals surface area contributed by atoms with E-state index in [0.29, 0.717) is 12.5 Å². The molecule has 0 radical (unpaired) electrons. The molecular weight excluding hydrogens is 272 g/mol. The van der Waals surface area contributed by atoms with E-state index in [1.165, 1.54) is 4.88 Å². The maximum Gasteiger partial charge on any atom is 0.215 e. The number of rotatable bonds is 5. The predicted molar refractivity (Wildman–Crippen MR) is 80.8 cm³/mol. The normalized spacial score (nSPS) is 15.3. The van der Waals surface area contributed by atoms with Crippen LogP contribution in [-0.2, 0) is 11.2 Å². The first-order valence-corrected chi connectivity index (χ1v) is 7.74. The van der Waals surface area contributed by atoms with E-state index in [9.17, 15) is 0 Å². The second kappa shape index (κ2) is 6.72. The van der Waals surface area contributed by atoms with Gasteiger partial charge in [0.15, 0.2) is 0 Å². The van der Waals surface area contributed by atoms with Crippen molar-refractivity contribution in [1.82, 2.24) is 4.98 Å². The minimum absolute atomic E-state index is 0.667. The van der Waals surface area contributed by atoms with E-state index in [2.05, 4.69) is 27.4 Å². The van der Waals surface area contributed by atoms with E-state index >= 15 is 0 Å². The molecule has 0 spiro atoms. The van der Waals surface area contributed by atoms with E-state index in [4.69, 9.17) is 9.47 Å². The Morgan fingerprint density at radius 2 is 2.20 bits per heavy atom. The molecule has 20 heavy (non-hydrogen) atoms. The van der Waals surface area contributed by atoms with Gasteiger partial charge in [-0.15, -0.1) is 11.3 Å². The monoisotopic (exact) mass is 290 g/mol. The minimum Gasteiger partial charge on any atom is -0.477 e. The Hall–Kier alpha value is -1.59. The van der Waals surface area contributed by atoms with Gasteiger partial charge in [-0.3, -0.25) is 0 Å². The molecule has 0 bridgehead atoms. The number of ether oxygens (including phenoxy) is 2. The highest BCUT2D eigenvalue weighted by molar-refractivity contribution is 7.09. The van der Waals surface area contributed by atoms with Crippen molar-refractivity contribution in [2.75, 3.05) is 37.8 Å². The summed E-state index contributed by atoms with van der Waals surface area (Å²) in [6.07, 6.45) is 2.74. The fourth-order valence-electron chi connectivity index (χ4n) is 2.21. The third-order valence-corrected chi connectivity index (χ3v) is 4.21. The summed E-state index contributed by atoms with van der Waals surface area (Å²) in [5.74, 6) is 0.700. The molecule has 1 aliphatic heterocycles. The van der Waals surface area contributed by atoms with Crippen molar-refractivity contribution in [2.45, 2.75) is 6.42 Å². The van der Waals surface area contributed by atoms with Gasteiger partial charge in [-0.25, -0.2) is 4.98 Å². The molecule has 0 atom stereocenters. The molecule has 4 nitrogen and oxygen atoms in total. The standard InChI is InChI=1S/C15H18N2O2S/c1-2-14(20-11-1)4-8-19-15-12-13(3-5-16-15)17-6-9-18-10-7-17/h1-3,5,11-12H,4,6-10H2. The molecule has 0 amide bonds. The van der Waals surface area contributed by atoms with Crippen LogP contribution in [0, 0.1) is 0 Å².